The van der Waals surface area contributed by atoms with E-state index < -0.39 is 5.82 Å². The molecule has 3 aromatic rings. The zero-order valence-electron chi connectivity index (χ0n) is 10.7. The van der Waals surface area contributed by atoms with Crippen molar-refractivity contribution in [2.45, 2.75) is 6.54 Å². The third-order valence-electron chi connectivity index (χ3n) is 3.26. The molecule has 98 valence electrons. The van der Waals surface area contributed by atoms with Crippen LogP contribution in [-0.4, -0.2) is 4.98 Å². The fourth-order valence-electron chi connectivity index (χ4n) is 2.27. The molecule has 1 aromatic heterocycles. The van der Waals surface area contributed by atoms with Gasteiger partial charge < -0.3 is 10.7 Å². The molecule has 0 atom stereocenters. The van der Waals surface area contributed by atoms with E-state index >= 15 is 0 Å². The molecule has 0 amide bonds. The summed E-state index contributed by atoms with van der Waals surface area (Å²) >= 11 is 0. The van der Waals surface area contributed by atoms with Gasteiger partial charge in [0, 0.05) is 28.7 Å². The van der Waals surface area contributed by atoms with Crippen LogP contribution in [0.4, 0.5) is 4.39 Å². The van der Waals surface area contributed by atoms with Crippen LogP contribution in [0.25, 0.3) is 22.2 Å². The Balaban J connectivity index is 2.15. The highest BCUT2D eigenvalue weighted by Crippen LogP contribution is 2.26. The molecule has 0 saturated carbocycles. The van der Waals surface area contributed by atoms with Gasteiger partial charge in [-0.1, -0.05) is 6.07 Å². The summed E-state index contributed by atoms with van der Waals surface area (Å²) in [5.41, 5.74) is 9.37. The number of rotatable bonds is 2. The molecule has 0 fully saturated rings. The summed E-state index contributed by atoms with van der Waals surface area (Å²) in [6.45, 7) is 0.481. The largest absolute Gasteiger partial charge is 0.355 e. The Morgan fingerprint density at radius 1 is 1.15 bits per heavy atom. The predicted octanol–water partition coefficient (Wildman–Crippen LogP) is 3.30. The van der Waals surface area contributed by atoms with E-state index in [1.807, 2.05) is 30.3 Å². The molecule has 1 heterocycles. The monoisotopic (exact) mass is 265 g/mol. The first-order valence-electron chi connectivity index (χ1n) is 6.22. The average molecular weight is 265 g/mol. The first-order valence-corrected chi connectivity index (χ1v) is 6.22. The van der Waals surface area contributed by atoms with Gasteiger partial charge in [0.05, 0.1) is 11.6 Å². The van der Waals surface area contributed by atoms with Gasteiger partial charge >= 0.3 is 0 Å². The molecular weight excluding hydrogens is 253 g/mol. The van der Waals surface area contributed by atoms with Crippen molar-refractivity contribution < 1.29 is 4.39 Å². The Hall–Kier alpha value is -2.64. The SMILES string of the molecule is N#Cc1cc(F)cc(-c2cc3cc(CN)ccc3[nH]2)c1. The van der Waals surface area contributed by atoms with Crippen LogP contribution in [0.3, 0.4) is 0 Å². The summed E-state index contributed by atoms with van der Waals surface area (Å²) < 4.78 is 13.5. The summed E-state index contributed by atoms with van der Waals surface area (Å²) in [7, 11) is 0. The summed E-state index contributed by atoms with van der Waals surface area (Å²) in [5, 5.41) is 9.92. The lowest BCUT2D eigenvalue weighted by Gasteiger charge is -1.99. The quantitative estimate of drug-likeness (QED) is 0.746. The second-order valence-electron chi connectivity index (χ2n) is 4.65. The van der Waals surface area contributed by atoms with Gasteiger partial charge in [-0.3, -0.25) is 0 Å². The zero-order valence-corrected chi connectivity index (χ0v) is 10.7. The van der Waals surface area contributed by atoms with Crippen molar-refractivity contribution in [3.05, 3.63) is 59.4 Å². The molecule has 2 aromatic carbocycles. The molecule has 3 N–H and O–H groups in total. The van der Waals surface area contributed by atoms with Crippen molar-refractivity contribution in [3.8, 4) is 17.3 Å². The number of nitriles is 1. The van der Waals surface area contributed by atoms with Gasteiger partial charge in [0.1, 0.15) is 5.82 Å². The molecule has 4 heteroatoms. The standard InChI is InChI=1S/C16H12FN3/c17-14-5-11(9-19)4-12(6-14)16-7-13-3-10(8-18)1-2-15(13)20-16/h1-7,20H,8,18H2. The number of nitrogens with two attached hydrogens (primary N) is 1. The van der Waals surface area contributed by atoms with Gasteiger partial charge in [0.15, 0.2) is 0 Å². The third kappa shape index (κ3) is 2.15. The highest BCUT2D eigenvalue weighted by Gasteiger charge is 2.07. The number of fused-ring (bicyclic) bond motifs is 1. The molecule has 3 rings (SSSR count). The number of aromatic amines is 1. The molecule has 0 bridgehead atoms. The van der Waals surface area contributed by atoms with E-state index in [2.05, 4.69) is 4.98 Å². The second kappa shape index (κ2) is 4.80. The third-order valence-corrected chi connectivity index (χ3v) is 3.26. The first-order chi connectivity index (χ1) is 9.69. The van der Waals surface area contributed by atoms with Crippen LogP contribution in [-0.2, 0) is 6.54 Å². The number of nitrogens with one attached hydrogen (secondary N) is 1. The Morgan fingerprint density at radius 3 is 2.75 bits per heavy atom. The van der Waals surface area contributed by atoms with E-state index in [1.54, 1.807) is 6.07 Å². The van der Waals surface area contributed by atoms with Gasteiger partial charge in [-0.25, -0.2) is 4.39 Å². The van der Waals surface area contributed by atoms with E-state index in [0.717, 1.165) is 22.2 Å². The highest BCUT2D eigenvalue weighted by molar-refractivity contribution is 5.86. The fourth-order valence-corrected chi connectivity index (χ4v) is 2.27. The Bertz CT molecular complexity index is 827. The van der Waals surface area contributed by atoms with Crippen LogP contribution < -0.4 is 5.73 Å². The summed E-state index contributed by atoms with van der Waals surface area (Å²) in [6.07, 6.45) is 0. The highest BCUT2D eigenvalue weighted by atomic mass is 19.1. The van der Waals surface area contributed by atoms with E-state index in [9.17, 15) is 4.39 Å². The Labute approximate surface area is 115 Å². The average Bonchev–Trinajstić information content (AvgIpc) is 2.89. The van der Waals surface area contributed by atoms with E-state index in [-0.39, 0.29) is 0 Å². The van der Waals surface area contributed by atoms with Gasteiger partial charge in [0.25, 0.3) is 0 Å². The molecule has 0 aliphatic carbocycles. The van der Waals surface area contributed by atoms with Crippen molar-refractivity contribution in [1.29, 1.82) is 5.26 Å². The van der Waals surface area contributed by atoms with Crippen molar-refractivity contribution >= 4 is 10.9 Å². The molecule has 0 unspecified atom stereocenters. The number of hydrogen-bond donors (Lipinski definition) is 2. The zero-order chi connectivity index (χ0) is 14.1. The minimum Gasteiger partial charge on any atom is -0.355 e. The Kier molecular flexibility index (Phi) is 2.97. The smallest absolute Gasteiger partial charge is 0.125 e. The summed E-state index contributed by atoms with van der Waals surface area (Å²) in [6, 6.07) is 14.1. The second-order valence-corrected chi connectivity index (χ2v) is 4.65. The minimum absolute atomic E-state index is 0.307. The fraction of sp³-hybridized carbons (Fsp3) is 0.0625. The normalized spacial score (nSPS) is 10.7. The van der Waals surface area contributed by atoms with Crippen LogP contribution in [0.5, 0.6) is 0 Å². The number of nitrogens with zero attached hydrogens (tertiary/aromatic N) is 1. The lowest BCUT2D eigenvalue weighted by molar-refractivity contribution is 0.628. The summed E-state index contributed by atoms with van der Waals surface area (Å²) in [4.78, 5) is 3.22. The molecule has 0 spiro atoms. The maximum atomic E-state index is 13.5. The molecular formula is C16H12FN3. The van der Waals surface area contributed by atoms with Crippen LogP contribution in [0, 0.1) is 17.1 Å². The Morgan fingerprint density at radius 2 is 2.00 bits per heavy atom. The number of benzene rings is 2. The number of hydrogen-bond acceptors (Lipinski definition) is 2. The van der Waals surface area contributed by atoms with E-state index in [0.29, 0.717) is 17.7 Å². The van der Waals surface area contributed by atoms with Crippen molar-refractivity contribution in [3.63, 3.8) is 0 Å². The lowest BCUT2D eigenvalue weighted by Crippen LogP contribution is -1.94. The van der Waals surface area contributed by atoms with Gasteiger partial charge in [0.2, 0.25) is 0 Å². The van der Waals surface area contributed by atoms with E-state index in [1.165, 1.54) is 12.1 Å². The number of aromatic nitrogens is 1. The van der Waals surface area contributed by atoms with Gasteiger partial charge in [-0.05, 0) is 42.0 Å². The molecule has 0 saturated heterocycles. The lowest BCUT2D eigenvalue weighted by atomic mass is 10.1. The van der Waals surface area contributed by atoms with Crippen LogP contribution >= 0.6 is 0 Å². The predicted molar refractivity (Wildman–Crippen MR) is 76.3 cm³/mol. The molecule has 0 radical (unpaired) electrons. The van der Waals surface area contributed by atoms with Crippen molar-refractivity contribution in [2.24, 2.45) is 5.73 Å². The number of H-pyrrole nitrogens is 1. The first kappa shape index (κ1) is 12.4. The van der Waals surface area contributed by atoms with Crippen molar-refractivity contribution in [2.75, 3.05) is 0 Å². The summed E-state index contributed by atoms with van der Waals surface area (Å²) in [5.74, 6) is -0.416. The minimum atomic E-state index is -0.416. The maximum Gasteiger partial charge on any atom is 0.125 e. The van der Waals surface area contributed by atoms with Crippen LogP contribution in [0.1, 0.15) is 11.1 Å². The van der Waals surface area contributed by atoms with Gasteiger partial charge in [-0.2, -0.15) is 5.26 Å². The van der Waals surface area contributed by atoms with Gasteiger partial charge in [-0.15, -0.1) is 0 Å². The molecule has 3 nitrogen and oxygen atoms in total. The van der Waals surface area contributed by atoms with Crippen LogP contribution in [0.15, 0.2) is 42.5 Å². The van der Waals surface area contributed by atoms with Crippen molar-refractivity contribution in [1.82, 2.24) is 4.98 Å². The maximum absolute atomic E-state index is 13.5. The number of halogens is 1. The molecule has 0 aliphatic rings. The van der Waals surface area contributed by atoms with E-state index in [4.69, 9.17) is 11.0 Å². The molecule has 20 heavy (non-hydrogen) atoms. The topological polar surface area (TPSA) is 65.6 Å². The molecule has 0 aliphatic heterocycles. The van der Waals surface area contributed by atoms with Crippen LogP contribution in [0.2, 0.25) is 0 Å².